The van der Waals surface area contributed by atoms with Gasteiger partial charge in [0, 0.05) is 23.0 Å². The number of hydrogen-bond acceptors (Lipinski definition) is 8. The van der Waals surface area contributed by atoms with Gasteiger partial charge < -0.3 is 20.5 Å². The molecule has 0 spiro atoms. The maximum absolute atomic E-state index is 11.7. The number of nitrogens with one attached hydrogen (secondary N) is 1. The maximum Gasteiger partial charge on any atom is 0.408 e. The van der Waals surface area contributed by atoms with Gasteiger partial charge in [0.15, 0.2) is 5.78 Å². The third-order valence-electron chi connectivity index (χ3n) is 5.10. The summed E-state index contributed by atoms with van der Waals surface area (Å²) in [5.74, 6) is 3.70. The maximum atomic E-state index is 11.7. The molecule has 0 fully saturated rings. The molecule has 2 rings (SSSR count). The van der Waals surface area contributed by atoms with Crippen molar-refractivity contribution in [2.45, 2.75) is 70.7 Å². The molecule has 0 radical (unpaired) electrons. The van der Waals surface area contributed by atoms with E-state index >= 15 is 0 Å². The number of rotatable bonds is 12. The Labute approximate surface area is 236 Å². The highest BCUT2D eigenvalue weighted by Crippen LogP contribution is 2.17. The topological polar surface area (TPSA) is 108 Å². The van der Waals surface area contributed by atoms with Crippen LogP contribution in [0.1, 0.15) is 51.3 Å². The molecular formula is C29H42N2O5S2. The Bertz CT molecular complexity index is 1010. The molecule has 2 unspecified atom stereocenters. The summed E-state index contributed by atoms with van der Waals surface area (Å²) in [6, 6.07) is 15.3. The SMILES string of the molecule is CC(=O)C(CSCc1ccc(C)cc1)NC(=O)OC(C)(C)C.COc1ccc(CSCC(N)C(C)=O)cc1. The fraction of sp³-hybridized carbons (Fsp3) is 0.483. The number of methoxy groups -OCH3 is 1. The molecule has 0 heterocycles. The molecule has 7 nitrogen and oxygen atoms in total. The molecule has 2 aromatic rings. The van der Waals surface area contributed by atoms with Gasteiger partial charge >= 0.3 is 6.09 Å². The number of carbonyl (C=O) groups excluding carboxylic acids is 3. The number of ether oxygens (including phenoxy) is 2. The van der Waals surface area contributed by atoms with Gasteiger partial charge in [-0.05, 0) is 64.8 Å². The number of benzene rings is 2. The van der Waals surface area contributed by atoms with Crippen molar-refractivity contribution >= 4 is 41.2 Å². The van der Waals surface area contributed by atoms with E-state index in [4.69, 9.17) is 15.2 Å². The lowest BCUT2D eigenvalue weighted by atomic mass is 10.2. The third kappa shape index (κ3) is 15.1. The quantitative estimate of drug-likeness (QED) is 0.346. The number of amides is 1. The lowest BCUT2D eigenvalue weighted by Gasteiger charge is -2.22. The molecule has 2 atom stereocenters. The Morgan fingerprint density at radius 2 is 1.37 bits per heavy atom. The van der Waals surface area contributed by atoms with Crippen LogP contribution in [0.4, 0.5) is 4.79 Å². The molecule has 0 bridgehead atoms. The summed E-state index contributed by atoms with van der Waals surface area (Å²) in [7, 11) is 1.65. The molecular weight excluding hydrogens is 520 g/mol. The predicted octanol–water partition coefficient (Wildman–Crippen LogP) is 5.56. The Morgan fingerprint density at radius 3 is 1.82 bits per heavy atom. The van der Waals surface area contributed by atoms with Crippen molar-refractivity contribution in [1.82, 2.24) is 5.32 Å². The minimum atomic E-state index is -0.569. The summed E-state index contributed by atoms with van der Waals surface area (Å²) in [5.41, 5.74) is 8.70. The van der Waals surface area contributed by atoms with Crippen molar-refractivity contribution in [2.75, 3.05) is 18.6 Å². The van der Waals surface area contributed by atoms with E-state index in [9.17, 15) is 14.4 Å². The zero-order valence-electron chi connectivity index (χ0n) is 23.5. The second kappa shape index (κ2) is 17.2. The van der Waals surface area contributed by atoms with Crippen molar-refractivity contribution < 1.29 is 23.9 Å². The number of ketones is 2. The first-order valence-electron chi connectivity index (χ1n) is 12.4. The van der Waals surface area contributed by atoms with Crippen molar-refractivity contribution in [3.8, 4) is 5.75 Å². The van der Waals surface area contributed by atoms with E-state index in [-0.39, 0.29) is 17.6 Å². The van der Waals surface area contributed by atoms with Gasteiger partial charge in [-0.3, -0.25) is 9.59 Å². The normalized spacial score (nSPS) is 12.4. The fourth-order valence-electron chi connectivity index (χ4n) is 2.83. The molecule has 0 aliphatic rings. The minimum Gasteiger partial charge on any atom is -0.497 e. The van der Waals surface area contributed by atoms with Gasteiger partial charge in [-0.25, -0.2) is 4.79 Å². The van der Waals surface area contributed by atoms with Crippen molar-refractivity contribution in [1.29, 1.82) is 0 Å². The first-order chi connectivity index (χ1) is 17.8. The van der Waals surface area contributed by atoms with Gasteiger partial charge in [0.2, 0.25) is 0 Å². The van der Waals surface area contributed by atoms with Crippen molar-refractivity contribution in [3.63, 3.8) is 0 Å². The average Bonchev–Trinajstić information content (AvgIpc) is 2.84. The predicted molar refractivity (Wildman–Crippen MR) is 159 cm³/mol. The lowest BCUT2D eigenvalue weighted by molar-refractivity contribution is -0.119. The van der Waals surface area contributed by atoms with Gasteiger partial charge in [0.25, 0.3) is 0 Å². The average molecular weight is 563 g/mol. The van der Waals surface area contributed by atoms with Crippen molar-refractivity contribution in [3.05, 3.63) is 65.2 Å². The standard InChI is InChI=1S/C17H25NO3S.C12H17NO2S/c1-12-6-8-14(9-7-12)10-22-11-15(13(2)19)18-16(20)21-17(3,4)5;1-9(14)12(13)8-16-7-10-3-5-11(15-2)6-4-10/h6-9,15H,10-11H2,1-5H3,(H,18,20);3-6,12H,7-8,13H2,1-2H3. The number of carbonyl (C=O) groups is 3. The van der Waals surface area contributed by atoms with Crippen LogP contribution in [-0.2, 0) is 25.8 Å². The lowest BCUT2D eigenvalue weighted by Crippen LogP contribution is -2.44. The van der Waals surface area contributed by atoms with Gasteiger partial charge in [0.1, 0.15) is 17.1 Å². The van der Waals surface area contributed by atoms with E-state index in [1.54, 1.807) is 51.4 Å². The molecule has 0 aliphatic heterocycles. The van der Waals surface area contributed by atoms with Crippen LogP contribution in [0.25, 0.3) is 0 Å². The molecule has 210 valence electrons. The summed E-state index contributed by atoms with van der Waals surface area (Å²) >= 11 is 3.29. The first-order valence-corrected chi connectivity index (χ1v) is 14.7. The molecule has 9 heteroatoms. The minimum absolute atomic E-state index is 0.0437. The second-order valence-electron chi connectivity index (χ2n) is 9.89. The summed E-state index contributed by atoms with van der Waals surface area (Å²) in [6.07, 6.45) is -0.552. The van der Waals surface area contributed by atoms with Crippen LogP contribution in [0.15, 0.2) is 48.5 Å². The largest absolute Gasteiger partial charge is 0.497 e. The van der Waals surface area contributed by atoms with Gasteiger partial charge in [-0.15, -0.1) is 0 Å². The van der Waals surface area contributed by atoms with Crippen LogP contribution in [0, 0.1) is 6.92 Å². The van der Waals surface area contributed by atoms with Crippen LogP contribution >= 0.6 is 23.5 Å². The van der Waals surface area contributed by atoms with Crippen LogP contribution < -0.4 is 15.8 Å². The van der Waals surface area contributed by atoms with Crippen LogP contribution in [0.3, 0.4) is 0 Å². The molecule has 0 saturated heterocycles. The highest BCUT2D eigenvalue weighted by Gasteiger charge is 2.22. The molecule has 2 aromatic carbocycles. The molecule has 3 N–H and O–H groups in total. The zero-order chi connectivity index (χ0) is 28.7. The Balaban J connectivity index is 0.000000399. The number of aryl methyl sites for hydroxylation is 1. The number of hydrogen-bond donors (Lipinski definition) is 2. The fourth-order valence-corrected chi connectivity index (χ4v) is 4.97. The van der Waals surface area contributed by atoms with E-state index < -0.39 is 17.7 Å². The molecule has 0 saturated carbocycles. The number of Topliss-reactive ketones (excluding diaryl/α,β-unsaturated/α-hetero) is 2. The summed E-state index contributed by atoms with van der Waals surface area (Å²) in [5, 5.41) is 2.64. The van der Waals surface area contributed by atoms with E-state index in [1.165, 1.54) is 30.5 Å². The van der Waals surface area contributed by atoms with Gasteiger partial charge in [-0.1, -0.05) is 42.0 Å². The number of alkyl carbamates (subject to hydrolysis) is 1. The van der Waals surface area contributed by atoms with Gasteiger partial charge in [0.05, 0.1) is 19.2 Å². The Hall–Kier alpha value is -2.49. The highest BCUT2D eigenvalue weighted by molar-refractivity contribution is 7.98. The summed E-state index contributed by atoms with van der Waals surface area (Å²) < 4.78 is 10.3. The van der Waals surface area contributed by atoms with E-state index in [0.29, 0.717) is 11.5 Å². The van der Waals surface area contributed by atoms with Gasteiger partial charge in [-0.2, -0.15) is 23.5 Å². The highest BCUT2D eigenvalue weighted by atomic mass is 32.2. The smallest absolute Gasteiger partial charge is 0.408 e. The number of nitrogens with two attached hydrogens (primary N) is 1. The van der Waals surface area contributed by atoms with Crippen LogP contribution in [0.2, 0.25) is 0 Å². The molecule has 0 aliphatic carbocycles. The Morgan fingerprint density at radius 1 is 0.868 bits per heavy atom. The third-order valence-corrected chi connectivity index (χ3v) is 7.34. The molecule has 0 aromatic heterocycles. The van der Waals surface area contributed by atoms with E-state index in [1.807, 2.05) is 31.2 Å². The second-order valence-corrected chi connectivity index (χ2v) is 12.0. The monoisotopic (exact) mass is 562 g/mol. The van der Waals surface area contributed by atoms with E-state index in [2.05, 4.69) is 29.6 Å². The molecule has 1 amide bonds. The van der Waals surface area contributed by atoms with Crippen molar-refractivity contribution in [2.24, 2.45) is 5.73 Å². The Kier molecular flexibility index (Phi) is 15.2. The number of thioether (sulfide) groups is 2. The van der Waals surface area contributed by atoms with Crippen LogP contribution in [0.5, 0.6) is 5.75 Å². The van der Waals surface area contributed by atoms with E-state index in [0.717, 1.165) is 17.3 Å². The zero-order valence-corrected chi connectivity index (χ0v) is 25.2. The summed E-state index contributed by atoms with van der Waals surface area (Å²) in [6.45, 7) is 10.4. The van der Waals surface area contributed by atoms with Crippen LogP contribution in [-0.4, -0.2) is 54.0 Å². The summed E-state index contributed by atoms with van der Waals surface area (Å²) in [4.78, 5) is 34.3. The molecule has 38 heavy (non-hydrogen) atoms. The first kappa shape index (κ1) is 33.5.